The van der Waals surface area contributed by atoms with E-state index >= 15 is 0 Å². The van der Waals surface area contributed by atoms with Gasteiger partial charge in [-0.1, -0.05) is 26.2 Å². The first kappa shape index (κ1) is 13.6. The van der Waals surface area contributed by atoms with Crippen molar-refractivity contribution < 1.29 is 9.90 Å². The third-order valence-electron chi connectivity index (χ3n) is 4.00. The van der Waals surface area contributed by atoms with Crippen LogP contribution in [0.3, 0.4) is 0 Å². The molecule has 4 N–H and O–H groups in total. The van der Waals surface area contributed by atoms with Gasteiger partial charge in [0.05, 0.1) is 17.4 Å². The Balaban J connectivity index is 2.04. The molecule has 0 aromatic carbocycles. The van der Waals surface area contributed by atoms with Crippen molar-refractivity contribution in [3.8, 4) is 0 Å². The van der Waals surface area contributed by atoms with Crippen LogP contribution in [0.25, 0.3) is 0 Å². The summed E-state index contributed by atoms with van der Waals surface area (Å²) in [5, 5.41) is 12.4. The highest BCUT2D eigenvalue weighted by molar-refractivity contribution is 5.94. The fraction of sp³-hybridized carbons (Fsp3) is 0.571. The number of pyridine rings is 1. The molecule has 2 rings (SSSR count). The van der Waals surface area contributed by atoms with E-state index in [9.17, 15) is 4.79 Å². The average Bonchev–Trinajstić information content (AvgIpc) is 2.38. The second-order valence-electron chi connectivity index (χ2n) is 5.36. The molecule has 1 fully saturated rings. The van der Waals surface area contributed by atoms with Gasteiger partial charge in [-0.2, -0.15) is 0 Å². The van der Waals surface area contributed by atoms with E-state index in [2.05, 4.69) is 17.2 Å². The smallest absolute Gasteiger partial charge is 0.337 e. The van der Waals surface area contributed by atoms with E-state index in [0.717, 1.165) is 6.54 Å². The number of nitrogen functional groups attached to an aromatic ring is 1. The Morgan fingerprint density at radius 1 is 1.53 bits per heavy atom. The van der Waals surface area contributed by atoms with Crippen LogP contribution in [0.4, 0.5) is 11.5 Å². The highest BCUT2D eigenvalue weighted by atomic mass is 16.4. The number of hydrogen-bond acceptors (Lipinski definition) is 4. The summed E-state index contributed by atoms with van der Waals surface area (Å²) in [6.45, 7) is 3.07. The molecule has 0 spiro atoms. The van der Waals surface area contributed by atoms with Crippen molar-refractivity contribution in [3.63, 3.8) is 0 Å². The molecule has 1 saturated carbocycles. The highest BCUT2D eigenvalue weighted by Gasteiger charge is 2.21. The zero-order chi connectivity index (χ0) is 13.8. The predicted molar refractivity (Wildman–Crippen MR) is 75.2 cm³/mol. The molecule has 5 heteroatoms. The van der Waals surface area contributed by atoms with Crippen LogP contribution in [0.5, 0.6) is 0 Å². The maximum Gasteiger partial charge on any atom is 0.337 e. The Morgan fingerprint density at radius 3 is 2.95 bits per heavy atom. The van der Waals surface area contributed by atoms with E-state index in [1.807, 2.05) is 0 Å². The Morgan fingerprint density at radius 2 is 2.26 bits per heavy atom. The van der Waals surface area contributed by atoms with Gasteiger partial charge in [-0.15, -0.1) is 0 Å². The summed E-state index contributed by atoms with van der Waals surface area (Å²) in [6.07, 6.45) is 6.55. The van der Waals surface area contributed by atoms with Gasteiger partial charge >= 0.3 is 5.97 Å². The fourth-order valence-electron chi connectivity index (χ4n) is 2.73. The number of hydrogen-bond donors (Lipinski definition) is 3. The molecule has 0 radical (unpaired) electrons. The van der Waals surface area contributed by atoms with Gasteiger partial charge in [-0.3, -0.25) is 0 Å². The van der Waals surface area contributed by atoms with Crippen LogP contribution in [-0.4, -0.2) is 22.6 Å². The summed E-state index contributed by atoms with van der Waals surface area (Å²) in [5.41, 5.74) is 6.27. The van der Waals surface area contributed by atoms with Gasteiger partial charge in [0, 0.05) is 6.54 Å². The molecule has 0 amide bonds. The van der Waals surface area contributed by atoms with Crippen LogP contribution >= 0.6 is 0 Å². The maximum absolute atomic E-state index is 11.2. The number of carboxylic acid groups (broad SMARTS) is 1. The Hall–Kier alpha value is -1.78. The van der Waals surface area contributed by atoms with Crippen molar-refractivity contribution in [3.05, 3.63) is 17.8 Å². The topological polar surface area (TPSA) is 88.2 Å². The van der Waals surface area contributed by atoms with Crippen LogP contribution in [0.15, 0.2) is 12.3 Å². The third-order valence-corrected chi connectivity index (χ3v) is 4.00. The number of carboxylic acids is 1. The lowest BCUT2D eigenvalue weighted by Gasteiger charge is -2.29. The second kappa shape index (κ2) is 5.91. The van der Waals surface area contributed by atoms with Gasteiger partial charge in [0.1, 0.15) is 5.82 Å². The van der Waals surface area contributed by atoms with E-state index in [1.54, 1.807) is 0 Å². The highest BCUT2D eigenvalue weighted by Crippen LogP contribution is 2.30. The van der Waals surface area contributed by atoms with Gasteiger partial charge in [-0.25, -0.2) is 9.78 Å². The standard InChI is InChI=1S/C14H21N3O2/c1-9-4-2-3-5-10(9)7-16-12-8-17-13(15)6-11(12)14(18)19/h6,8-10,16H,2-5,7H2,1H3,(H2,15,17)(H,18,19). The molecule has 0 aliphatic heterocycles. The first-order valence-electron chi connectivity index (χ1n) is 6.80. The van der Waals surface area contributed by atoms with Crippen LogP contribution in [-0.2, 0) is 0 Å². The molecule has 104 valence electrons. The number of nitrogens with two attached hydrogens (primary N) is 1. The quantitative estimate of drug-likeness (QED) is 0.777. The molecule has 1 aromatic rings. The van der Waals surface area contributed by atoms with Gasteiger partial charge in [0.15, 0.2) is 0 Å². The van der Waals surface area contributed by atoms with Gasteiger partial charge in [-0.05, 0) is 24.3 Å². The largest absolute Gasteiger partial charge is 0.478 e. The Bertz CT molecular complexity index is 462. The van der Waals surface area contributed by atoms with Crippen LogP contribution in [0.1, 0.15) is 43.0 Å². The molecular weight excluding hydrogens is 242 g/mol. The van der Waals surface area contributed by atoms with E-state index in [-0.39, 0.29) is 11.4 Å². The molecule has 1 aliphatic carbocycles. The number of nitrogens with one attached hydrogen (secondary N) is 1. The van der Waals surface area contributed by atoms with Crippen LogP contribution < -0.4 is 11.1 Å². The molecule has 1 aromatic heterocycles. The van der Waals surface area contributed by atoms with Crippen molar-refractivity contribution in [1.29, 1.82) is 0 Å². The van der Waals surface area contributed by atoms with E-state index in [1.165, 1.54) is 37.9 Å². The maximum atomic E-state index is 11.2. The summed E-state index contributed by atoms with van der Waals surface area (Å²) in [6, 6.07) is 1.40. The Kier molecular flexibility index (Phi) is 4.24. The predicted octanol–water partition coefficient (Wildman–Crippen LogP) is 2.60. The van der Waals surface area contributed by atoms with Crippen molar-refractivity contribution in [2.24, 2.45) is 11.8 Å². The number of aromatic carboxylic acids is 1. The SMILES string of the molecule is CC1CCCCC1CNc1cnc(N)cc1C(=O)O. The van der Waals surface area contributed by atoms with Crippen molar-refractivity contribution in [2.45, 2.75) is 32.6 Å². The number of carbonyl (C=O) groups is 1. The van der Waals surface area contributed by atoms with Gasteiger partial charge < -0.3 is 16.2 Å². The monoisotopic (exact) mass is 263 g/mol. The second-order valence-corrected chi connectivity index (χ2v) is 5.36. The normalized spacial score (nSPS) is 23.0. The molecule has 19 heavy (non-hydrogen) atoms. The lowest BCUT2D eigenvalue weighted by Crippen LogP contribution is -2.25. The molecule has 1 aliphatic rings. The minimum atomic E-state index is -0.978. The third kappa shape index (κ3) is 3.36. The van der Waals surface area contributed by atoms with E-state index < -0.39 is 5.97 Å². The number of aromatic nitrogens is 1. The fourth-order valence-corrected chi connectivity index (χ4v) is 2.73. The molecule has 2 atom stereocenters. The van der Waals surface area contributed by atoms with E-state index in [0.29, 0.717) is 17.5 Å². The number of rotatable bonds is 4. The van der Waals surface area contributed by atoms with Crippen LogP contribution in [0.2, 0.25) is 0 Å². The molecule has 2 unspecified atom stereocenters. The zero-order valence-corrected chi connectivity index (χ0v) is 11.2. The molecule has 0 saturated heterocycles. The molecule has 1 heterocycles. The Labute approximate surface area is 113 Å². The summed E-state index contributed by atoms with van der Waals surface area (Å²) >= 11 is 0. The molecular formula is C14H21N3O2. The first-order chi connectivity index (χ1) is 9.08. The summed E-state index contributed by atoms with van der Waals surface area (Å²) in [7, 11) is 0. The van der Waals surface area contributed by atoms with E-state index in [4.69, 9.17) is 10.8 Å². The zero-order valence-electron chi connectivity index (χ0n) is 11.2. The minimum absolute atomic E-state index is 0.191. The van der Waals surface area contributed by atoms with Crippen molar-refractivity contribution in [2.75, 3.05) is 17.6 Å². The lowest BCUT2D eigenvalue weighted by molar-refractivity contribution is 0.0698. The molecule has 0 bridgehead atoms. The molecule has 5 nitrogen and oxygen atoms in total. The summed E-state index contributed by atoms with van der Waals surface area (Å²) in [5.74, 6) is 0.548. The van der Waals surface area contributed by atoms with Crippen molar-refractivity contribution in [1.82, 2.24) is 4.98 Å². The van der Waals surface area contributed by atoms with Gasteiger partial charge in [0.25, 0.3) is 0 Å². The summed E-state index contributed by atoms with van der Waals surface area (Å²) < 4.78 is 0. The van der Waals surface area contributed by atoms with Crippen molar-refractivity contribution >= 4 is 17.5 Å². The summed E-state index contributed by atoms with van der Waals surface area (Å²) in [4.78, 5) is 15.1. The average molecular weight is 263 g/mol. The number of nitrogens with zero attached hydrogens (tertiary/aromatic N) is 1. The minimum Gasteiger partial charge on any atom is -0.478 e. The van der Waals surface area contributed by atoms with Gasteiger partial charge in [0.2, 0.25) is 0 Å². The van der Waals surface area contributed by atoms with Crippen LogP contribution in [0, 0.1) is 11.8 Å². The first-order valence-corrected chi connectivity index (χ1v) is 6.80. The number of anilines is 2. The lowest BCUT2D eigenvalue weighted by atomic mass is 9.80.